The molecule has 0 bridgehead atoms. The van der Waals surface area contributed by atoms with Crippen LogP contribution in [0.3, 0.4) is 0 Å². The molecule has 0 aromatic heterocycles. The molecule has 1 heterocycles. The van der Waals surface area contributed by atoms with E-state index in [4.69, 9.17) is 10.2 Å². The number of aliphatic hydroxyl groups excluding tert-OH is 1. The van der Waals surface area contributed by atoms with E-state index in [9.17, 15) is 9.59 Å². The number of carboxylic acid groups (broad SMARTS) is 1. The molecule has 1 rings (SSSR count). The highest BCUT2D eigenvalue weighted by molar-refractivity contribution is 6.06. The van der Waals surface area contributed by atoms with Crippen LogP contribution >= 0.6 is 0 Å². The van der Waals surface area contributed by atoms with E-state index < -0.39 is 11.5 Å². The monoisotopic (exact) mass is 267 g/mol. The Kier molecular flexibility index (Phi) is 5.30. The third-order valence-electron chi connectivity index (χ3n) is 3.36. The average Bonchev–Trinajstić information content (AvgIpc) is 2.95. The minimum absolute atomic E-state index is 0.0638. The molecule has 1 amide bonds. The molecule has 0 saturated carbocycles. The van der Waals surface area contributed by atoms with Crippen LogP contribution in [0.5, 0.6) is 0 Å². The van der Waals surface area contributed by atoms with Crippen LogP contribution in [0.1, 0.15) is 39.0 Å². The summed E-state index contributed by atoms with van der Waals surface area (Å²) in [6.45, 7) is 5.54. The fourth-order valence-electron chi connectivity index (χ4n) is 2.21. The Bertz CT molecular complexity index is 402. The van der Waals surface area contributed by atoms with Gasteiger partial charge in [-0.15, -0.1) is 0 Å². The van der Waals surface area contributed by atoms with Gasteiger partial charge in [0.2, 0.25) is 0 Å². The first-order chi connectivity index (χ1) is 9.03. The van der Waals surface area contributed by atoms with Gasteiger partial charge < -0.3 is 10.2 Å². The molecule has 1 aliphatic rings. The van der Waals surface area contributed by atoms with Crippen molar-refractivity contribution in [3.05, 3.63) is 24.4 Å². The molecule has 1 atom stereocenters. The van der Waals surface area contributed by atoms with E-state index in [1.165, 1.54) is 17.2 Å². The van der Waals surface area contributed by atoms with Crippen molar-refractivity contribution in [2.75, 3.05) is 6.61 Å². The van der Waals surface area contributed by atoms with Crippen molar-refractivity contribution >= 4 is 11.9 Å². The fourth-order valence-corrected chi connectivity index (χ4v) is 2.21. The minimum atomic E-state index is -1.03. The third-order valence-corrected chi connectivity index (χ3v) is 3.36. The van der Waals surface area contributed by atoms with E-state index >= 15 is 0 Å². The quantitative estimate of drug-likeness (QED) is 0.492. The highest BCUT2D eigenvalue weighted by Crippen LogP contribution is 2.41. The van der Waals surface area contributed by atoms with Crippen LogP contribution in [0.4, 0.5) is 0 Å². The lowest BCUT2D eigenvalue weighted by Crippen LogP contribution is -2.17. The largest absolute Gasteiger partial charge is 0.478 e. The molecule has 0 radical (unpaired) electrons. The SMILES string of the molecule is C=CN1C(=O)C1(C=C(CCCO)C(=O)O)CCCC. The van der Waals surface area contributed by atoms with Crippen molar-refractivity contribution < 1.29 is 19.8 Å². The summed E-state index contributed by atoms with van der Waals surface area (Å²) in [6, 6.07) is 0. The summed E-state index contributed by atoms with van der Waals surface area (Å²) in [5.41, 5.74) is -0.635. The van der Waals surface area contributed by atoms with Gasteiger partial charge in [-0.25, -0.2) is 4.79 Å². The summed E-state index contributed by atoms with van der Waals surface area (Å²) in [5.74, 6) is -1.13. The molecule has 2 N–H and O–H groups in total. The van der Waals surface area contributed by atoms with Gasteiger partial charge in [-0.05, 0) is 25.3 Å². The van der Waals surface area contributed by atoms with Crippen LogP contribution in [-0.2, 0) is 9.59 Å². The second-order valence-corrected chi connectivity index (χ2v) is 4.69. The van der Waals surface area contributed by atoms with E-state index in [1.54, 1.807) is 0 Å². The number of rotatable bonds is 9. The van der Waals surface area contributed by atoms with Gasteiger partial charge in [0.1, 0.15) is 5.54 Å². The number of hydrogen-bond donors (Lipinski definition) is 2. The smallest absolute Gasteiger partial charge is 0.331 e. The second kappa shape index (κ2) is 6.52. The van der Waals surface area contributed by atoms with Gasteiger partial charge in [0, 0.05) is 18.4 Å². The molecule has 0 aromatic carbocycles. The van der Waals surface area contributed by atoms with Crippen molar-refractivity contribution in [2.24, 2.45) is 0 Å². The van der Waals surface area contributed by atoms with Crippen LogP contribution in [0, 0.1) is 0 Å². The van der Waals surface area contributed by atoms with Gasteiger partial charge in [0.05, 0.1) is 0 Å². The van der Waals surface area contributed by atoms with Crippen molar-refractivity contribution in [2.45, 2.75) is 44.6 Å². The van der Waals surface area contributed by atoms with Crippen LogP contribution < -0.4 is 0 Å². The first kappa shape index (κ1) is 15.4. The van der Waals surface area contributed by atoms with E-state index in [2.05, 4.69) is 6.58 Å². The molecular formula is C14H21NO4. The first-order valence-electron chi connectivity index (χ1n) is 6.55. The number of carboxylic acids is 1. The lowest BCUT2D eigenvalue weighted by atomic mass is 9.96. The molecule has 1 saturated heterocycles. The van der Waals surface area contributed by atoms with E-state index in [0.717, 1.165) is 12.8 Å². The Labute approximate surface area is 113 Å². The lowest BCUT2D eigenvalue weighted by molar-refractivity contribution is -0.132. The number of aliphatic carboxylic acids is 1. The van der Waals surface area contributed by atoms with Crippen LogP contribution in [-0.4, -0.2) is 39.1 Å². The fraction of sp³-hybridized carbons (Fsp3) is 0.571. The summed E-state index contributed by atoms with van der Waals surface area (Å²) in [5, 5.41) is 17.9. The molecular weight excluding hydrogens is 246 g/mol. The molecule has 19 heavy (non-hydrogen) atoms. The molecule has 5 heteroatoms. The summed E-state index contributed by atoms with van der Waals surface area (Å²) < 4.78 is 0. The summed E-state index contributed by atoms with van der Waals surface area (Å²) in [4.78, 5) is 24.5. The van der Waals surface area contributed by atoms with Gasteiger partial charge in [0.15, 0.2) is 0 Å². The van der Waals surface area contributed by atoms with Crippen molar-refractivity contribution in [1.82, 2.24) is 4.90 Å². The number of carbonyl (C=O) groups is 2. The highest BCUT2D eigenvalue weighted by atomic mass is 16.4. The number of aliphatic hydroxyl groups is 1. The zero-order valence-electron chi connectivity index (χ0n) is 11.3. The maximum atomic E-state index is 11.9. The predicted molar refractivity (Wildman–Crippen MR) is 71.3 cm³/mol. The summed E-state index contributed by atoms with van der Waals surface area (Å²) >= 11 is 0. The third kappa shape index (κ3) is 3.23. The van der Waals surface area contributed by atoms with Crippen LogP contribution in [0.25, 0.3) is 0 Å². The number of nitrogens with zero attached hydrogens (tertiary/aromatic N) is 1. The number of carbonyl (C=O) groups excluding carboxylic acids is 1. The van der Waals surface area contributed by atoms with Gasteiger partial charge in [-0.3, -0.25) is 9.69 Å². The zero-order valence-corrected chi connectivity index (χ0v) is 11.3. The van der Waals surface area contributed by atoms with Gasteiger partial charge in [0.25, 0.3) is 5.91 Å². The molecule has 0 aromatic rings. The van der Waals surface area contributed by atoms with Crippen molar-refractivity contribution in [3.8, 4) is 0 Å². The van der Waals surface area contributed by atoms with E-state index in [0.29, 0.717) is 12.8 Å². The van der Waals surface area contributed by atoms with Gasteiger partial charge >= 0.3 is 5.97 Å². The molecule has 1 unspecified atom stereocenters. The maximum absolute atomic E-state index is 11.9. The maximum Gasteiger partial charge on any atom is 0.331 e. The topological polar surface area (TPSA) is 77.6 Å². The van der Waals surface area contributed by atoms with Crippen LogP contribution in [0.15, 0.2) is 24.4 Å². The number of amides is 1. The molecule has 1 aliphatic heterocycles. The Morgan fingerprint density at radius 1 is 1.47 bits per heavy atom. The van der Waals surface area contributed by atoms with Gasteiger partial charge in [-0.2, -0.15) is 0 Å². The highest BCUT2D eigenvalue weighted by Gasteiger charge is 2.59. The first-order valence-corrected chi connectivity index (χ1v) is 6.55. The Balaban J connectivity index is 2.95. The molecule has 0 spiro atoms. The number of hydrogen-bond acceptors (Lipinski definition) is 3. The standard InChI is InChI=1S/C14H21NO4/c1-3-5-8-14(13(19)15(14)4-2)10-11(12(17)18)7-6-9-16/h4,10,16H,2-3,5-9H2,1H3,(H,17,18). The molecule has 106 valence electrons. The number of unbranched alkanes of at least 4 members (excludes halogenated alkanes) is 1. The summed E-state index contributed by atoms with van der Waals surface area (Å²) in [7, 11) is 0. The Hall–Kier alpha value is -1.62. The van der Waals surface area contributed by atoms with Crippen LogP contribution in [0.2, 0.25) is 0 Å². The summed E-state index contributed by atoms with van der Waals surface area (Å²) in [6.07, 6.45) is 6.00. The lowest BCUT2D eigenvalue weighted by Gasteiger charge is -2.10. The van der Waals surface area contributed by atoms with Crippen molar-refractivity contribution in [1.29, 1.82) is 0 Å². The van der Waals surface area contributed by atoms with Gasteiger partial charge in [-0.1, -0.05) is 26.3 Å². The normalized spacial score (nSPS) is 22.5. The Morgan fingerprint density at radius 3 is 2.58 bits per heavy atom. The van der Waals surface area contributed by atoms with Crippen molar-refractivity contribution in [3.63, 3.8) is 0 Å². The predicted octanol–water partition coefficient (Wildman–Crippen LogP) is 1.68. The molecule has 1 fully saturated rings. The Morgan fingerprint density at radius 2 is 2.16 bits per heavy atom. The van der Waals surface area contributed by atoms with E-state index in [1.807, 2.05) is 6.92 Å². The average molecular weight is 267 g/mol. The minimum Gasteiger partial charge on any atom is -0.478 e. The molecule has 5 nitrogen and oxygen atoms in total. The zero-order chi connectivity index (χ0) is 14.5. The second-order valence-electron chi connectivity index (χ2n) is 4.69. The molecule has 0 aliphatic carbocycles. The van der Waals surface area contributed by atoms with E-state index in [-0.39, 0.29) is 24.5 Å².